The summed E-state index contributed by atoms with van der Waals surface area (Å²) in [5.74, 6) is -3.62. The molecule has 1 N–H and O–H groups in total. The van der Waals surface area contributed by atoms with E-state index in [-0.39, 0.29) is 12.4 Å². The van der Waals surface area contributed by atoms with Crippen LogP contribution in [0, 0.1) is 17.5 Å². The van der Waals surface area contributed by atoms with Crippen LogP contribution in [0.1, 0.15) is 31.2 Å². The number of halogens is 4. The smallest absolute Gasteiger partial charge is 0.194 e. The Morgan fingerprint density at radius 2 is 1.62 bits per heavy atom. The van der Waals surface area contributed by atoms with Crippen LogP contribution in [-0.2, 0) is 6.54 Å². The van der Waals surface area contributed by atoms with Crippen molar-refractivity contribution in [3.05, 3.63) is 35.1 Å². The lowest BCUT2D eigenvalue weighted by molar-refractivity contribution is 0.165. The summed E-state index contributed by atoms with van der Waals surface area (Å²) in [6.45, 7) is 0.443. The zero-order valence-corrected chi connectivity index (χ0v) is 12.7. The number of rotatable bonds is 3. The Bertz CT molecular complexity index is 477. The standard InChI is InChI=1S/C15H19F3N2.ClH/c1-20(12-6-10-2-3-11(7-12)19-10)8-9-4-13(16)15(18)14(17)5-9;/h4-5,10-12,19H,2-3,6-8H2,1H3;1H. The van der Waals surface area contributed by atoms with E-state index >= 15 is 0 Å². The average Bonchev–Trinajstić information content (AvgIpc) is 2.74. The number of piperidine rings is 1. The van der Waals surface area contributed by atoms with Crippen molar-refractivity contribution in [2.45, 2.75) is 50.4 Å². The fourth-order valence-electron chi connectivity index (χ4n) is 3.50. The van der Waals surface area contributed by atoms with Crippen LogP contribution in [0.4, 0.5) is 13.2 Å². The lowest BCUT2D eigenvalue weighted by Crippen LogP contribution is -2.46. The molecule has 2 saturated heterocycles. The van der Waals surface area contributed by atoms with E-state index in [2.05, 4.69) is 10.2 Å². The van der Waals surface area contributed by atoms with Crippen LogP contribution in [-0.4, -0.2) is 30.1 Å². The van der Waals surface area contributed by atoms with Gasteiger partial charge >= 0.3 is 0 Å². The van der Waals surface area contributed by atoms with Gasteiger partial charge in [0.25, 0.3) is 0 Å². The molecule has 2 heterocycles. The minimum Gasteiger partial charge on any atom is -0.311 e. The van der Waals surface area contributed by atoms with Crippen molar-refractivity contribution in [3.63, 3.8) is 0 Å². The minimum absolute atomic E-state index is 0. The Labute approximate surface area is 129 Å². The molecule has 0 aromatic heterocycles. The lowest BCUT2D eigenvalue weighted by atomic mass is 9.98. The predicted molar refractivity (Wildman–Crippen MR) is 78.0 cm³/mol. The molecule has 2 nitrogen and oxygen atoms in total. The molecule has 0 saturated carbocycles. The molecule has 0 amide bonds. The highest BCUT2D eigenvalue weighted by Crippen LogP contribution is 2.30. The van der Waals surface area contributed by atoms with Crippen molar-refractivity contribution in [2.24, 2.45) is 0 Å². The molecule has 0 spiro atoms. The van der Waals surface area contributed by atoms with Crippen LogP contribution in [0.15, 0.2) is 12.1 Å². The second-order valence-corrected chi connectivity index (χ2v) is 6.05. The van der Waals surface area contributed by atoms with Gasteiger partial charge in [-0.15, -0.1) is 12.4 Å². The third kappa shape index (κ3) is 3.52. The molecule has 21 heavy (non-hydrogen) atoms. The largest absolute Gasteiger partial charge is 0.311 e. The molecular weight excluding hydrogens is 301 g/mol. The Morgan fingerprint density at radius 1 is 1.10 bits per heavy atom. The van der Waals surface area contributed by atoms with Crippen molar-refractivity contribution in [1.82, 2.24) is 10.2 Å². The molecule has 2 fully saturated rings. The second kappa shape index (κ2) is 6.55. The molecule has 118 valence electrons. The summed E-state index contributed by atoms with van der Waals surface area (Å²) in [5.41, 5.74) is 0.481. The van der Waals surface area contributed by atoms with Gasteiger partial charge in [0.1, 0.15) is 0 Å². The molecule has 2 bridgehead atoms. The zero-order chi connectivity index (χ0) is 14.3. The van der Waals surface area contributed by atoms with E-state index in [4.69, 9.17) is 0 Å². The molecule has 1 aromatic carbocycles. The maximum atomic E-state index is 13.2. The first-order valence-corrected chi connectivity index (χ1v) is 7.12. The van der Waals surface area contributed by atoms with Gasteiger partial charge in [0.2, 0.25) is 0 Å². The van der Waals surface area contributed by atoms with Crippen molar-refractivity contribution in [1.29, 1.82) is 0 Å². The SMILES string of the molecule is CN(Cc1cc(F)c(F)c(F)c1)C1CC2CCC(C1)N2.Cl. The monoisotopic (exact) mass is 320 g/mol. The van der Waals surface area contributed by atoms with Gasteiger partial charge in [-0.1, -0.05) is 0 Å². The van der Waals surface area contributed by atoms with Crippen LogP contribution >= 0.6 is 12.4 Å². The molecule has 2 aliphatic rings. The highest BCUT2D eigenvalue weighted by Gasteiger charge is 2.35. The van der Waals surface area contributed by atoms with E-state index in [1.807, 2.05) is 7.05 Å². The van der Waals surface area contributed by atoms with Gasteiger partial charge in [0, 0.05) is 24.7 Å². The summed E-state index contributed by atoms with van der Waals surface area (Å²) in [5, 5.41) is 3.57. The number of nitrogens with zero attached hydrogens (tertiary/aromatic N) is 1. The topological polar surface area (TPSA) is 15.3 Å². The van der Waals surface area contributed by atoms with E-state index in [0.717, 1.165) is 25.0 Å². The summed E-state index contributed by atoms with van der Waals surface area (Å²) < 4.78 is 39.4. The fraction of sp³-hybridized carbons (Fsp3) is 0.600. The molecule has 6 heteroatoms. The van der Waals surface area contributed by atoms with E-state index in [9.17, 15) is 13.2 Å². The van der Waals surface area contributed by atoms with E-state index < -0.39 is 17.5 Å². The summed E-state index contributed by atoms with van der Waals surface area (Å²) >= 11 is 0. The number of nitrogens with one attached hydrogen (secondary N) is 1. The Morgan fingerprint density at radius 3 is 2.14 bits per heavy atom. The van der Waals surface area contributed by atoms with Crippen molar-refractivity contribution in [3.8, 4) is 0 Å². The third-order valence-electron chi connectivity index (χ3n) is 4.55. The van der Waals surface area contributed by atoms with E-state index in [0.29, 0.717) is 30.2 Å². The van der Waals surface area contributed by atoms with Crippen molar-refractivity contribution >= 4 is 12.4 Å². The summed E-state index contributed by atoms with van der Waals surface area (Å²) in [6.07, 6.45) is 4.57. The normalized spacial score (nSPS) is 27.8. The first kappa shape index (κ1) is 16.6. The van der Waals surface area contributed by atoms with Gasteiger partial charge in [0.15, 0.2) is 17.5 Å². The Kier molecular flexibility index (Phi) is 5.17. The lowest BCUT2D eigenvalue weighted by Gasteiger charge is -2.35. The van der Waals surface area contributed by atoms with Gasteiger partial charge in [-0.25, -0.2) is 13.2 Å². The first-order chi connectivity index (χ1) is 9.52. The summed E-state index contributed by atoms with van der Waals surface area (Å²) in [7, 11) is 1.97. The highest BCUT2D eigenvalue weighted by molar-refractivity contribution is 5.85. The van der Waals surface area contributed by atoms with E-state index in [1.165, 1.54) is 12.8 Å². The molecule has 1 aromatic rings. The summed E-state index contributed by atoms with van der Waals surface area (Å²) in [6, 6.07) is 3.74. The van der Waals surface area contributed by atoms with Crippen molar-refractivity contribution in [2.75, 3.05) is 7.05 Å². The molecule has 2 aliphatic heterocycles. The number of hydrogen-bond acceptors (Lipinski definition) is 2. The van der Waals surface area contributed by atoms with Crippen LogP contribution < -0.4 is 5.32 Å². The van der Waals surface area contributed by atoms with E-state index in [1.54, 1.807) is 0 Å². The molecule has 3 rings (SSSR count). The predicted octanol–water partition coefficient (Wildman–Crippen LogP) is 3.24. The zero-order valence-electron chi connectivity index (χ0n) is 11.9. The second-order valence-electron chi connectivity index (χ2n) is 6.05. The minimum atomic E-state index is -1.39. The molecule has 2 atom stereocenters. The highest BCUT2D eigenvalue weighted by atomic mass is 35.5. The van der Waals surface area contributed by atoms with Gasteiger partial charge in [0.05, 0.1) is 0 Å². The number of fused-ring (bicyclic) bond motifs is 2. The van der Waals surface area contributed by atoms with Crippen molar-refractivity contribution < 1.29 is 13.2 Å². The quantitative estimate of drug-likeness (QED) is 0.860. The molecule has 0 aliphatic carbocycles. The molecule has 0 radical (unpaired) electrons. The average molecular weight is 321 g/mol. The van der Waals surface area contributed by atoms with Crippen LogP contribution in [0.25, 0.3) is 0 Å². The summed E-state index contributed by atoms with van der Waals surface area (Å²) in [4.78, 5) is 2.12. The number of benzene rings is 1. The van der Waals surface area contributed by atoms with Gasteiger partial charge in [-0.05, 0) is 50.4 Å². The molecule has 2 unspecified atom stereocenters. The Hall–Kier alpha value is -0.780. The third-order valence-corrected chi connectivity index (χ3v) is 4.55. The van der Waals surface area contributed by atoms with Gasteiger partial charge in [-0.3, -0.25) is 4.90 Å². The van der Waals surface area contributed by atoms with Crippen LogP contribution in [0.2, 0.25) is 0 Å². The van der Waals surface area contributed by atoms with Gasteiger partial charge in [-0.2, -0.15) is 0 Å². The van der Waals surface area contributed by atoms with Crippen LogP contribution in [0.5, 0.6) is 0 Å². The number of hydrogen-bond donors (Lipinski definition) is 1. The molecular formula is C15H20ClF3N2. The Balaban J connectivity index is 0.00000161. The maximum Gasteiger partial charge on any atom is 0.194 e. The van der Waals surface area contributed by atoms with Crippen LogP contribution in [0.3, 0.4) is 0 Å². The maximum absolute atomic E-state index is 13.2. The van der Waals surface area contributed by atoms with Gasteiger partial charge < -0.3 is 5.32 Å². The fourth-order valence-corrected chi connectivity index (χ4v) is 3.50. The first-order valence-electron chi connectivity index (χ1n) is 7.12.